The number of carbonyl (C=O) groups excluding carboxylic acids is 1. The van der Waals surface area contributed by atoms with Crippen LogP contribution in [0.3, 0.4) is 0 Å². The first kappa shape index (κ1) is 17.0. The number of nitrogens with zero attached hydrogens (tertiary/aromatic N) is 2. The maximum Gasteiger partial charge on any atom is 0.251 e. The van der Waals surface area contributed by atoms with Crippen LogP contribution in [0.1, 0.15) is 21.5 Å². The van der Waals surface area contributed by atoms with Crippen molar-refractivity contribution in [2.75, 3.05) is 33.1 Å². The van der Waals surface area contributed by atoms with Crippen LogP contribution >= 0.6 is 0 Å². The van der Waals surface area contributed by atoms with Gasteiger partial charge in [-0.1, -0.05) is 30.3 Å². The topological polar surface area (TPSA) is 35.6 Å². The molecular weight excluding hydrogens is 286 g/mol. The largest absolute Gasteiger partial charge is 0.378 e. The Morgan fingerprint density at radius 3 is 2.30 bits per heavy atom. The molecule has 0 aliphatic carbocycles. The van der Waals surface area contributed by atoms with Crippen LogP contribution in [0.5, 0.6) is 0 Å². The normalized spacial score (nSPS) is 10.7. The summed E-state index contributed by atoms with van der Waals surface area (Å²) >= 11 is 0. The second-order valence-corrected chi connectivity index (χ2v) is 6.13. The fourth-order valence-electron chi connectivity index (χ4n) is 2.43. The first-order chi connectivity index (χ1) is 11.0. The number of hydrogen-bond donors (Lipinski definition) is 1. The van der Waals surface area contributed by atoms with E-state index in [4.69, 9.17) is 0 Å². The molecule has 0 aliphatic rings. The van der Waals surface area contributed by atoms with Crippen LogP contribution in [-0.4, -0.2) is 39.0 Å². The van der Waals surface area contributed by atoms with Gasteiger partial charge in [0.25, 0.3) is 5.91 Å². The molecule has 4 heteroatoms. The van der Waals surface area contributed by atoms with E-state index < -0.39 is 0 Å². The van der Waals surface area contributed by atoms with Crippen LogP contribution in [0.4, 0.5) is 5.69 Å². The van der Waals surface area contributed by atoms with E-state index in [9.17, 15) is 4.79 Å². The maximum absolute atomic E-state index is 12.4. The lowest BCUT2D eigenvalue weighted by Gasteiger charge is -2.15. The molecule has 23 heavy (non-hydrogen) atoms. The van der Waals surface area contributed by atoms with Crippen molar-refractivity contribution in [1.29, 1.82) is 0 Å². The van der Waals surface area contributed by atoms with Gasteiger partial charge in [0.2, 0.25) is 0 Å². The van der Waals surface area contributed by atoms with Crippen molar-refractivity contribution in [1.82, 2.24) is 10.2 Å². The lowest BCUT2D eigenvalue weighted by molar-refractivity contribution is 0.0951. The minimum Gasteiger partial charge on any atom is -0.378 e. The zero-order valence-corrected chi connectivity index (χ0v) is 14.3. The molecule has 2 rings (SSSR count). The van der Waals surface area contributed by atoms with Gasteiger partial charge >= 0.3 is 0 Å². The molecule has 4 nitrogen and oxygen atoms in total. The Bertz CT molecular complexity index is 665. The van der Waals surface area contributed by atoms with Gasteiger partial charge in [0.05, 0.1) is 0 Å². The summed E-state index contributed by atoms with van der Waals surface area (Å²) in [5, 5.41) is 3.02. The fraction of sp³-hybridized carbons (Fsp3) is 0.316. The highest BCUT2D eigenvalue weighted by atomic mass is 16.1. The molecule has 2 aromatic carbocycles. The molecule has 122 valence electrons. The lowest BCUT2D eigenvalue weighted by atomic mass is 10.1. The van der Waals surface area contributed by atoms with E-state index in [1.807, 2.05) is 69.5 Å². The molecule has 0 saturated heterocycles. The third-order valence-electron chi connectivity index (χ3n) is 3.67. The van der Waals surface area contributed by atoms with Gasteiger partial charge in [-0.2, -0.15) is 0 Å². The van der Waals surface area contributed by atoms with Gasteiger partial charge in [0, 0.05) is 38.4 Å². The SMILES string of the molecule is CN(C)Cc1ccccc1CNC(=O)c1cccc(N(C)C)c1. The predicted molar refractivity (Wildman–Crippen MR) is 95.8 cm³/mol. The standard InChI is InChI=1S/C19H25N3O/c1-21(2)14-17-9-6-5-8-16(17)13-20-19(23)15-10-7-11-18(12-15)22(3)4/h5-12H,13-14H2,1-4H3,(H,20,23). The quantitative estimate of drug-likeness (QED) is 0.891. The third kappa shape index (κ3) is 4.83. The van der Waals surface area contributed by atoms with Gasteiger partial charge in [-0.15, -0.1) is 0 Å². The summed E-state index contributed by atoms with van der Waals surface area (Å²) < 4.78 is 0. The van der Waals surface area contributed by atoms with Crippen LogP contribution in [0.15, 0.2) is 48.5 Å². The van der Waals surface area contributed by atoms with E-state index in [0.717, 1.165) is 17.8 Å². The molecule has 2 aromatic rings. The number of amides is 1. The highest BCUT2D eigenvalue weighted by Gasteiger charge is 2.09. The molecule has 1 N–H and O–H groups in total. The minimum atomic E-state index is -0.0478. The fourth-order valence-corrected chi connectivity index (χ4v) is 2.43. The molecule has 0 saturated carbocycles. The lowest BCUT2D eigenvalue weighted by Crippen LogP contribution is -2.24. The number of hydrogen-bond acceptors (Lipinski definition) is 3. The zero-order chi connectivity index (χ0) is 16.8. The number of anilines is 1. The Labute approximate surface area is 138 Å². The smallest absolute Gasteiger partial charge is 0.251 e. The van der Waals surface area contributed by atoms with Crippen molar-refractivity contribution in [3.63, 3.8) is 0 Å². The summed E-state index contributed by atoms with van der Waals surface area (Å²) in [5.41, 5.74) is 4.09. The van der Waals surface area contributed by atoms with Crippen molar-refractivity contribution in [2.45, 2.75) is 13.1 Å². The van der Waals surface area contributed by atoms with E-state index in [2.05, 4.69) is 22.3 Å². The Hall–Kier alpha value is -2.33. The van der Waals surface area contributed by atoms with E-state index in [1.165, 1.54) is 5.56 Å². The maximum atomic E-state index is 12.4. The zero-order valence-electron chi connectivity index (χ0n) is 14.3. The van der Waals surface area contributed by atoms with Gasteiger partial charge in [0.15, 0.2) is 0 Å². The second-order valence-electron chi connectivity index (χ2n) is 6.13. The summed E-state index contributed by atoms with van der Waals surface area (Å²) in [6, 6.07) is 15.9. The van der Waals surface area contributed by atoms with Crippen molar-refractivity contribution in [3.05, 3.63) is 65.2 Å². The van der Waals surface area contributed by atoms with Crippen LogP contribution in [0.25, 0.3) is 0 Å². The summed E-state index contributed by atoms with van der Waals surface area (Å²) in [7, 11) is 8.02. The molecule has 0 radical (unpaired) electrons. The molecule has 0 atom stereocenters. The third-order valence-corrected chi connectivity index (χ3v) is 3.67. The van der Waals surface area contributed by atoms with E-state index in [-0.39, 0.29) is 5.91 Å². The highest BCUT2D eigenvalue weighted by molar-refractivity contribution is 5.95. The molecule has 0 bridgehead atoms. The Kier molecular flexibility index (Phi) is 5.77. The summed E-state index contributed by atoms with van der Waals surface area (Å²) in [4.78, 5) is 16.5. The number of benzene rings is 2. The van der Waals surface area contributed by atoms with Crippen molar-refractivity contribution in [3.8, 4) is 0 Å². The number of carbonyl (C=O) groups is 1. The Morgan fingerprint density at radius 2 is 1.65 bits per heavy atom. The Morgan fingerprint density at radius 1 is 0.957 bits per heavy atom. The molecule has 0 heterocycles. The molecule has 0 aliphatic heterocycles. The van der Waals surface area contributed by atoms with Gasteiger partial charge in [-0.3, -0.25) is 4.79 Å². The monoisotopic (exact) mass is 311 g/mol. The predicted octanol–water partition coefficient (Wildman–Crippen LogP) is 2.74. The van der Waals surface area contributed by atoms with Gasteiger partial charge in [-0.05, 0) is 43.4 Å². The second kappa shape index (κ2) is 7.79. The number of nitrogens with one attached hydrogen (secondary N) is 1. The summed E-state index contributed by atoms with van der Waals surface area (Å²) in [5.74, 6) is -0.0478. The number of rotatable bonds is 6. The average Bonchev–Trinajstić information content (AvgIpc) is 2.53. The molecular formula is C19H25N3O. The molecule has 0 spiro atoms. The highest BCUT2D eigenvalue weighted by Crippen LogP contribution is 2.14. The van der Waals surface area contributed by atoms with Crippen LogP contribution < -0.4 is 10.2 Å². The molecule has 0 fully saturated rings. The average molecular weight is 311 g/mol. The van der Waals surface area contributed by atoms with E-state index in [1.54, 1.807) is 0 Å². The van der Waals surface area contributed by atoms with Crippen molar-refractivity contribution < 1.29 is 4.79 Å². The molecule has 1 amide bonds. The van der Waals surface area contributed by atoms with Crippen LogP contribution in [0.2, 0.25) is 0 Å². The van der Waals surface area contributed by atoms with E-state index >= 15 is 0 Å². The van der Waals surface area contributed by atoms with Crippen LogP contribution in [-0.2, 0) is 13.1 Å². The molecule has 0 aromatic heterocycles. The van der Waals surface area contributed by atoms with Crippen LogP contribution in [0, 0.1) is 0 Å². The first-order valence-electron chi connectivity index (χ1n) is 7.74. The van der Waals surface area contributed by atoms with Gasteiger partial charge in [-0.25, -0.2) is 0 Å². The van der Waals surface area contributed by atoms with E-state index in [0.29, 0.717) is 12.1 Å². The first-order valence-corrected chi connectivity index (χ1v) is 7.74. The summed E-state index contributed by atoms with van der Waals surface area (Å²) in [6.45, 7) is 1.40. The van der Waals surface area contributed by atoms with Crippen molar-refractivity contribution in [2.24, 2.45) is 0 Å². The van der Waals surface area contributed by atoms with Gasteiger partial charge < -0.3 is 15.1 Å². The Balaban J connectivity index is 2.06. The minimum absolute atomic E-state index is 0.0478. The molecule has 0 unspecified atom stereocenters. The van der Waals surface area contributed by atoms with Gasteiger partial charge in [0.1, 0.15) is 0 Å². The van der Waals surface area contributed by atoms with Crippen molar-refractivity contribution >= 4 is 11.6 Å². The summed E-state index contributed by atoms with van der Waals surface area (Å²) in [6.07, 6.45) is 0.